The number of hydrogen-bond acceptors (Lipinski definition) is 9. The van der Waals surface area contributed by atoms with E-state index in [1.807, 2.05) is 49.3 Å². The van der Waals surface area contributed by atoms with Gasteiger partial charge >= 0.3 is 0 Å². The van der Waals surface area contributed by atoms with Crippen LogP contribution < -0.4 is 14.5 Å². The van der Waals surface area contributed by atoms with E-state index in [0.717, 1.165) is 62.9 Å². The lowest BCUT2D eigenvalue weighted by Crippen LogP contribution is -2.38. The summed E-state index contributed by atoms with van der Waals surface area (Å²) in [6.45, 7) is 7.81. The summed E-state index contributed by atoms with van der Waals surface area (Å²) in [6, 6.07) is 11.6. The molecule has 2 saturated heterocycles. The second-order valence-corrected chi connectivity index (χ2v) is 8.51. The Labute approximate surface area is 195 Å². The molecule has 4 rings (SSSR count). The molecule has 0 spiro atoms. The van der Waals surface area contributed by atoms with Gasteiger partial charge in [-0.05, 0) is 23.8 Å². The minimum absolute atomic E-state index is 0.493. The molecular weight excluding hydrogens is 420 g/mol. The fourth-order valence-electron chi connectivity index (χ4n) is 4.12. The van der Waals surface area contributed by atoms with Gasteiger partial charge in [0, 0.05) is 64.3 Å². The van der Waals surface area contributed by atoms with Gasteiger partial charge in [0.05, 0.1) is 32.1 Å². The summed E-state index contributed by atoms with van der Waals surface area (Å²) in [7, 11) is 4.01. The summed E-state index contributed by atoms with van der Waals surface area (Å²) in [5.41, 5.74) is 11.7. The number of benzene rings is 1. The maximum Gasteiger partial charge on any atom is 0.215 e. The quantitative estimate of drug-likeness (QED) is 0.583. The van der Waals surface area contributed by atoms with E-state index in [2.05, 4.69) is 21.0 Å². The Balaban J connectivity index is 1.58. The zero-order valence-electron chi connectivity index (χ0n) is 19.6. The van der Waals surface area contributed by atoms with Gasteiger partial charge in [-0.3, -0.25) is 4.90 Å². The third-order valence-electron chi connectivity index (χ3n) is 6.06. The molecule has 2 aliphatic heterocycles. The molecule has 178 valence electrons. The molecule has 1 N–H and O–H groups in total. The molecule has 3 heterocycles. The maximum absolute atomic E-state index is 7.95. The molecule has 0 aliphatic carbocycles. The molecule has 2 aromatic rings. The molecule has 0 radical (unpaired) electrons. The molecule has 1 aromatic carbocycles. The maximum atomic E-state index is 7.95. The van der Waals surface area contributed by atoms with Gasteiger partial charge in [-0.15, -0.1) is 0 Å². The van der Waals surface area contributed by atoms with Crippen LogP contribution in [0.1, 0.15) is 17.3 Å². The fraction of sp³-hybridized carbons (Fsp3) is 0.542. The highest BCUT2D eigenvalue weighted by Gasteiger charge is 2.21. The summed E-state index contributed by atoms with van der Waals surface area (Å²) >= 11 is 0. The van der Waals surface area contributed by atoms with E-state index in [1.165, 1.54) is 0 Å². The van der Waals surface area contributed by atoms with Crippen LogP contribution in [0.4, 0.5) is 11.4 Å². The number of rotatable bonds is 9. The first-order chi connectivity index (χ1) is 16.1. The number of pyridine rings is 1. The van der Waals surface area contributed by atoms with Gasteiger partial charge in [0.1, 0.15) is 12.6 Å². The van der Waals surface area contributed by atoms with Crippen LogP contribution in [0.25, 0.3) is 0 Å². The Morgan fingerprint density at radius 1 is 1.06 bits per heavy atom. The second kappa shape index (κ2) is 11.4. The lowest BCUT2D eigenvalue weighted by Gasteiger charge is -2.30. The number of anilines is 2. The molecule has 1 aromatic heterocycles. The third-order valence-corrected chi connectivity index (χ3v) is 6.06. The van der Waals surface area contributed by atoms with Crippen LogP contribution >= 0.6 is 0 Å². The predicted octanol–water partition coefficient (Wildman–Crippen LogP) is 2.82. The second-order valence-electron chi connectivity index (χ2n) is 8.51. The van der Waals surface area contributed by atoms with E-state index >= 15 is 0 Å². The van der Waals surface area contributed by atoms with E-state index < -0.39 is 6.04 Å². The van der Waals surface area contributed by atoms with Crippen LogP contribution in [-0.4, -0.2) is 89.7 Å². The highest BCUT2D eigenvalue weighted by Crippen LogP contribution is 2.32. The molecule has 1 unspecified atom stereocenters. The molecule has 0 saturated carbocycles. The topological polar surface area (TPSA) is 86.5 Å². The van der Waals surface area contributed by atoms with Gasteiger partial charge in [0.2, 0.25) is 5.88 Å². The van der Waals surface area contributed by atoms with E-state index in [9.17, 15) is 0 Å². The van der Waals surface area contributed by atoms with E-state index in [-0.39, 0.29) is 0 Å². The molecule has 33 heavy (non-hydrogen) atoms. The van der Waals surface area contributed by atoms with Crippen molar-refractivity contribution in [2.45, 2.75) is 6.04 Å². The van der Waals surface area contributed by atoms with Crippen molar-refractivity contribution in [3.8, 4) is 5.88 Å². The Bertz CT molecular complexity index is 913. The van der Waals surface area contributed by atoms with Crippen LogP contribution in [0.5, 0.6) is 5.88 Å². The monoisotopic (exact) mass is 454 g/mol. The Morgan fingerprint density at radius 3 is 2.48 bits per heavy atom. The first-order valence-corrected chi connectivity index (χ1v) is 11.6. The van der Waals surface area contributed by atoms with Crippen LogP contribution in [0, 0.1) is 5.53 Å². The lowest BCUT2D eigenvalue weighted by atomic mass is 10.0. The van der Waals surface area contributed by atoms with Crippen LogP contribution in [0.2, 0.25) is 0 Å². The average molecular weight is 455 g/mol. The van der Waals surface area contributed by atoms with Gasteiger partial charge in [0.15, 0.2) is 0 Å². The summed E-state index contributed by atoms with van der Waals surface area (Å²) in [5, 5.41) is 3.96. The first-order valence-electron chi connectivity index (χ1n) is 11.6. The van der Waals surface area contributed by atoms with E-state index in [0.29, 0.717) is 31.4 Å². The predicted molar refractivity (Wildman–Crippen MR) is 128 cm³/mol. The summed E-state index contributed by atoms with van der Waals surface area (Å²) in [5.74, 6) is 0.569. The van der Waals surface area contributed by atoms with Gasteiger partial charge in [-0.25, -0.2) is 10.5 Å². The standard InChI is InChI=1S/C24H34N6O3/c1-28(2)20-5-3-4-19(16-20)24(27-25)22-17-21(30-9-13-32-14-10-30)18-23(26-22)33-15-8-29-6-11-31-12-7-29/h3-5,16-18,24-25H,6-15H2,1-2H3. The first kappa shape index (κ1) is 23.4. The minimum atomic E-state index is -0.493. The molecule has 1 atom stereocenters. The molecule has 2 aliphatic rings. The zero-order chi connectivity index (χ0) is 23.0. The molecule has 0 bridgehead atoms. The molecule has 9 nitrogen and oxygen atoms in total. The van der Waals surface area contributed by atoms with Crippen LogP contribution in [0.15, 0.2) is 41.5 Å². The van der Waals surface area contributed by atoms with E-state index in [4.69, 9.17) is 24.7 Å². The highest BCUT2D eigenvalue weighted by molar-refractivity contribution is 5.53. The van der Waals surface area contributed by atoms with Gasteiger partial charge in [-0.1, -0.05) is 12.1 Å². The third kappa shape index (κ3) is 6.19. The highest BCUT2D eigenvalue weighted by atomic mass is 16.5. The zero-order valence-corrected chi connectivity index (χ0v) is 19.6. The van der Waals surface area contributed by atoms with Crippen molar-refractivity contribution < 1.29 is 14.2 Å². The number of nitrogens with zero attached hydrogens (tertiary/aromatic N) is 5. The van der Waals surface area contributed by atoms with Crippen molar-refractivity contribution in [2.24, 2.45) is 5.11 Å². The molecular formula is C24H34N6O3. The Kier molecular flexibility index (Phi) is 8.09. The van der Waals surface area contributed by atoms with Crippen molar-refractivity contribution in [3.05, 3.63) is 47.7 Å². The Hall–Kier alpha value is -2.75. The van der Waals surface area contributed by atoms with Gasteiger partial charge in [-0.2, -0.15) is 5.11 Å². The SMILES string of the molecule is CN(C)c1cccc(C(N=N)c2cc(N3CCOCC3)cc(OCCN3CCOCC3)n2)c1. The van der Waals surface area contributed by atoms with Crippen molar-refractivity contribution >= 4 is 11.4 Å². The summed E-state index contributed by atoms with van der Waals surface area (Å²) < 4.78 is 17.1. The summed E-state index contributed by atoms with van der Waals surface area (Å²) in [6.07, 6.45) is 0. The normalized spacial score (nSPS) is 18.1. The smallest absolute Gasteiger partial charge is 0.215 e. The van der Waals surface area contributed by atoms with Crippen LogP contribution in [-0.2, 0) is 9.47 Å². The average Bonchev–Trinajstić information content (AvgIpc) is 2.86. The van der Waals surface area contributed by atoms with Crippen molar-refractivity contribution in [3.63, 3.8) is 0 Å². The number of hydrogen-bond donors (Lipinski definition) is 1. The molecule has 2 fully saturated rings. The van der Waals surface area contributed by atoms with Crippen molar-refractivity contribution in [1.82, 2.24) is 9.88 Å². The largest absolute Gasteiger partial charge is 0.476 e. The van der Waals surface area contributed by atoms with Gasteiger partial charge in [0.25, 0.3) is 0 Å². The van der Waals surface area contributed by atoms with Gasteiger partial charge < -0.3 is 24.0 Å². The number of ether oxygens (including phenoxy) is 3. The molecule has 9 heteroatoms. The van der Waals surface area contributed by atoms with E-state index in [1.54, 1.807) is 0 Å². The number of nitrogens with one attached hydrogen (secondary N) is 1. The number of aromatic nitrogens is 1. The Morgan fingerprint density at radius 2 is 1.79 bits per heavy atom. The lowest BCUT2D eigenvalue weighted by molar-refractivity contribution is 0.0320. The summed E-state index contributed by atoms with van der Waals surface area (Å²) in [4.78, 5) is 11.4. The minimum Gasteiger partial charge on any atom is -0.476 e. The van der Waals surface area contributed by atoms with Crippen molar-refractivity contribution in [1.29, 1.82) is 5.53 Å². The fourth-order valence-corrected chi connectivity index (χ4v) is 4.12. The van der Waals surface area contributed by atoms with Crippen LogP contribution in [0.3, 0.4) is 0 Å². The number of morpholine rings is 2. The van der Waals surface area contributed by atoms with Crippen molar-refractivity contribution in [2.75, 3.05) is 89.7 Å². The molecule has 0 amide bonds.